The molecule has 124 valence electrons. The lowest BCUT2D eigenvalue weighted by Gasteiger charge is -2.35. The number of rotatable bonds is 7. The molecule has 0 spiro atoms. The average molecular weight is 298 g/mol. The number of nitrogens with zero attached hydrogens (tertiary/aromatic N) is 2. The molecule has 0 saturated heterocycles. The molecule has 0 amide bonds. The zero-order valence-electron chi connectivity index (χ0n) is 14.5. The third kappa shape index (κ3) is 6.66. The Bertz CT molecular complexity index is 301. The summed E-state index contributed by atoms with van der Waals surface area (Å²) in [5.41, 5.74) is 0. The molecule has 0 aliphatic heterocycles. The minimum absolute atomic E-state index is 0.258. The van der Waals surface area contributed by atoms with Crippen molar-refractivity contribution in [1.82, 2.24) is 15.5 Å². The lowest BCUT2D eigenvalue weighted by atomic mass is 9.83. The molecule has 2 N–H and O–H groups in total. The first-order chi connectivity index (χ1) is 10.1. The molecule has 2 atom stereocenters. The highest BCUT2D eigenvalue weighted by Crippen LogP contribution is 2.27. The SMILES string of the molecule is CN=C(NCC(C1CCCCC1)N(C)C)NC(C)COC. The van der Waals surface area contributed by atoms with Crippen LogP contribution < -0.4 is 10.6 Å². The molecule has 21 heavy (non-hydrogen) atoms. The monoisotopic (exact) mass is 298 g/mol. The van der Waals surface area contributed by atoms with E-state index in [1.165, 1.54) is 32.1 Å². The smallest absolute Gasteiger partial charge is 0.191 e. The van der Waals surface area contributed by atoms with E-state index in [1.54, 1.807) is 7.11 Å². The summed E-state index contributed by atoms with van der Waals surface area (Å²) >= 11 is 0. The van der Waals surface area contributed by atoms with Crippen molar-refractivity contribution in [3.8, 4) is 0 Å². The van der Waals surface area contributed by atoms with E-state index in [2.05, 4.69) is 41.5 Å². The highest BCUT2D eigenvalue weighted by Gasteiger charge is 2.25. The second kappa shape index (κ2) is 10.0. The van der Waals surface area contributed by atoms with Gasteiger partial charge in [-0.1, -0.05) is 19.3 Å². The summed E-state index contributed by atoms with van der Waals surface area (Å²) in [6, 6.07) is 0.829. The number of hydrogen-bond acceptors (Lipinski definition) is 3. The van der Waals surface area contributed by atoms with Crippen LogP contribution in [0, 0.1) is 5.92 Å². The highest BCUT2D eigenvalue weighted by atomic mass is 16.5. The fraction of sp³-hybridized carbons (Fsp3) is 0.938. The standard InChI is InChI=1S/C16H34N4O/c1-13(12-21-5)19-16(17-2)18-11-15(20(3)4)14-9-7-6-8-10-14/h13-15H,6-12H2,1-5H3,(H2,17,18,19). The third-order valence-electron chi connectivity index (χ3n) is 4.36. The van der Waals surface area contributed by atoms with Crippen molar-refractivity contribution in [2.45, 2.75) is 51.1 Å². The van der Waals surface area contributed by atoms with Crippen LogP contribution in [0.2, 0.25) is 0 Å². The van der Waals surface area contributed by atoms with Gasteiger partial charge in [-0.3, -0.25) is 4.99 Å². The van der Waals surface area contributed by atoms with Crippen molar-refractivity contribution in [3.63, 3.8) is 0 Å². The summed E-state index contributed by atoms with van der Waals surface area (Å²) in [5, 5.41) is 6.84. The molecule has 1 saturated carbocycles. The summed E-state index contributed by atoms with van der Waals surface area (Å²) in [6.07, 6.45) is 6.88. The average Bonchev–Trinajstić information content (AvgIpc) is 2.47. The zero-order chi connectivity index (χ0) is 15.7. The maximum absolute atomic E-state index is 5.15. The number of guanidine groups is 1. The number of ether oxygens (including phenoxy) is 1. The predicted octanol–water partition coefficient (Wildman–Crippen LogP) is 1.70. The van der Waals surface area contributed by atoms with Crippen LogP contribution in [0.5, 0.6) is 0 Å². The first-order valence-electron chi connectivity index (χ1n) is 8.21. The van der Waals surface area contributed by atoms with Crippen LogP contribution in [0.3, 0.4) is 0 Å². The van der Waals surface area contributed by atoms with Gasteiger partial charge in [-0.05, 0) is 39.8 Å². The highest BCUT2D eigenvalue weighted by molar-refractivity contribution is 5.79. The largest absolute Gasteiger partial charge is 0.383 e. The van der Waals surface area contributed by atoms with Crippen LogP contribution in [0.1, 0.15) is 39.0 Å². The van der Waals surface area contributed by atoms with Gasteiger partial charge in [0.25, 0.3) is 0 Å². The Morgan fingerprint density at radius 3 is 2.48 bits per heavy atom. The number of hydrogen-bond donors (Lipinski definition) is 2. The van der Waals surface area contributed by atoms with Crippen LogP contribution in [-0.2, 0) is 4.74 Å². The van der Waals surface area contributed by atoms with E-state index in [9.17, 15) is 0 Å². The maximum Gasteiger partial charge on any atom is 0.191 e. The topological polar surface area (TPSA) is 48.9 Å². The summed E-state index contributed by atoms with van der Waals surface area (Å²) in [5.74, 6) is 1.66. The Labute approximate surface area is 130 Å². The van der Waals surface area contributed by atoms with Gasteiger partial charge < -0.3 is 20.3 Å². The number of aliphatic imine (C=N–C) groups is 1. The van der Waals surface area contributed by atoms with E-state index in [0.717, 1.165) is 18.4 Å². The van der Waals surface area contributed by atoms with Gasteiger partial charge in [-0.25, -0.2) is 0 Å². The van der Waals surface area contributed by atoms with E-state index in [1.807, 2.05) is 7.05 Å². The predicted molar refractivity (Wildman–Crippen MR) is 89.9 cm³/mol. The number of methoxy groups -OCH3 is 1. The van der Waals surface area contributed by atoms with Crippen molar-refractivity contribution in [1.29, 1.82) is 0 Å². The van der Waals surface area contributed by atoms with Crippen LogP contribution >= 0.6 is 0 Å². The van der Waals surface area contributed by atoms with Crippen LogP contribution in [-0.4, -0.2) is 64.3 Å². The molecule has 5 nitrogen and oxygen atoms in total. The quantitative estimate of drug-likeness (QED) is 0.555. The molecular weight excluding hydrogens is 264 g/mol. The molecule has 5 heteroatoms. The molecule has 0 bridgehead atoms. The summed E-state index contributed by atoms with van der Waals surface area (Å²) < 4.78 is 5.15. The van der Waals surface area contributed by atoms with E-state index >= 15 is 0 Å². The maximum atomic E-state index is 5.15. The Morgan fingerprint density at radius 2 is 1.95 bits per heavy atom. The lowest BCUT2D eigenvalue weighted by molar-refractivity contribution is 0.169. The Kier molecular flexibility index (Phi) is 8.69. The molecule has 1 aliphatic rings. The van der Waals surface area contributed by atoms with Gasteiger partial charge in [0.2, 0.25) is 0 Å². The molecule has 1 aliphatic carbocycles. The zero-order valence-corrected chi connectivity index (χ0v) is 14.5. The van der Waals surface area contributed by atoms with Crippen LogP contribution in [0.15, 0.2) is 4.99 Å². The van der Waals surface area contributed by atoms with Gasteiger partial charge in [0, 0.05) is 32.8 Å². The van der Waals surface area contributed by atoms with Crippen molar-refractivity contribution >= 4 is 5.96 Å². The molecular formula is C16H34N4O. The molecule has 1 rings (SSSR count). The van der Waals surface area contributed by atoms with E-state index < -0.39 is 0 Å². The minimum atomic E-state index is 0.258. The third-order valence-corrected chi connectivity index (χ3v) is 4.36. The van der Waals surface area contributed by atoms with Gasteiger partial charge in [-0.15, -0.1) is 0 Å². The van der Waals surface area contributed by atoms with Crippen LogP contribution in [0.25, 0.3) is 0 Å². The van der Waals surface area contributed by atoms with E-state index in [4.69, 9.17) is 4.74 Å². The molecule has 2 unspecified atom stereocenters. The van der Waals surface area contributed by atoms with Crippen molar-refractivity contribution in [2.75, 3.05) is 41.4 Å². The van der Waals surface area contributed by atoms with Gasteiger partial charge in [0.05, 0.1) is 6.61 Å². The molecule has 0 heterocycles. The molecule has 0 aromatic heterocycles. The number of nitrogens with one attached hydrogen (secondary N) is 2. The van der Waals surface area contributed by atoms with E-state index in [-0.39, 0.29) is 6.04 Å². The van der Waals surface area contributed by atoms with Crippen LogP contribution in [0.4, 0.5) is 0 Å². The van der Waals surface area contributed by atoms with Crippen molar-refractivity contribution in [3.05, 3.63) is 0 Å². The molecule has 0 radical (unpaired) electrons. The van der Waals surface area contributed by atoms with Crippen molar-refractivity contribution in [2.24, 2.45) is 10.9 Å². The van der Waals surface area contributed by atoms with Gasteiger partial charge in [-0.2, -0.15) is 0 Å². The van der Waals surface area contributed by atoms with Gasteiger partial charge >= 0.3 is 0 Å². The second-order valence-corrected chi connectivity index (χ2v) is 6.38. The van der Waals surface area contributed by atoms with Gasteiger partial charge in [0.15, 0.2) is 5.96 Å². The second-order valence-electron chi connectivity index (χ2n) is 6.38. The van der Waals surface area contributed by atoms with E-state index in [0.29, 0.717) is 12.6 Å². The summed E-state index contributed by atoms with van der Waals surface area (Å²) in [7, 11) is 7.91. The normalized spacial score (nSPS) is 20.4. The van der Waals surface area contributed by atoms with Gasteiger partial charge in [0.1, 0.15) is 0 Å². The lowest BCUT2D eigenvalue weighted by Crippen LogP contribution is -2.50. The molecule has 0 aromatic rings. The number of likely N-dealkylation sites (N-methyl/N-ethyl adjacent to an activating group) is 1. The first-order valence-corrected chi connectivity index (χ1v) is 8.21. The Hall–Kier alpha value is -0.810. The fourth-order valence-corrected chi connectivity index (χ4v) is 3.21. The minimum Gasteiger partial charge on any atom is -0.383 e. The summed E-state index contributed by atoms with van der Waals surface area (Å²) in [4.78, 5) is 6.66. The van der Waals surface area contributed by atoms with Crippen molar-refractivity contribution < 1.29 is 4.74 Å². The Balaban J connectivity index is 2.47. The first kappa shape index (κ1) is 18.2. The fourth-order valence-electron chi connectivity index (χ4n) is 3.21. The summed E-state index contributed by atoms with van der Waals surface area (Å²) in [6.45, 7) is 3.72. The molecule has 1 fully saturated rings. The Morgan fingerprint density at radius 1 is 1.29 bits per heavy atom. The molecule has 0 aromatic carbocycles.